The third-order valence-corrected chi connectivity index (χ3v) is 5.24. The van der Waals surface area contributed by atoms with Gasteiger partial charge in [0.15, 0.2) is 12.6 Å². The van der Waals surface area contributed by atoms with Crippen molar-refractivity contribution in [1.29, 1.82) is 0 Å². The zero-order valence-corrected chi connectivity index (χ0v) is 16.3. The van der Waals surface area contributed by atoms with E-state index in [2.05, 4.69) is 0 Å². The molecule has 0 spiro atoms. The van der Waals surface area contributed by atoms with Crippen molar-refractivity contribution >= 4 is 23.2 Å². The summed E-state index contributed by atoms with van der Waals surface area (Å²) < 4.78 is 24.0. The van der Waals surface area contributed by atoms with Crippen LogP contribution in [0.4, 0.5) is 0 Å². The minimum atomic E-state index is -1.17. The van der Waals surface area contributed by atoms with Gasteiger partial charge in [0.05, 0.1) is 13.2 Å². The number of rotatable bonds is 4. The van der Waals surface area contributed by atoms with Gasteiger partial charge in [-0.05, 0) is 24.3 Å². The molecule has 0 aliphatic carbocycles. The summed E-state index contributed by atoms with van der Waals surface area (Å²) in [6.45, 7) is -0.297. The number of fused-ring (bicyclic) bond motifs is 1. The molecule has 2 heterocycles. The molecule has 150 valence electrons. The van der Waals surface area contributed by atoms with Crippen molar-refractivity contribution in [1.82, 2.24) is 0 Å². The van der Waals surface area contributed by atoms with Crippen LogP contribution in [-0.4, -0.2) is 47.8 Å². The Kier molecular flexibility index (Phi) is 6.20. The Morgan fingerprint density at radius 2 is 1.57 bits per heavy atom. The minimum absolute atomic E-state index is 0.188. The molecule has 2 aliphatic rings. The van der Waals surface area contributed by atoms with Crippen molar-refractivity contribution in [2.24, 2.45) is 0 Å². The summed E-state index contributed by atoms with van der Waals surface area (Å²) in [4.78, 5) is 0. The first kappa shape index (κ1) is 20.1. The maximum atomic E-state index is 10.4. The number of benzene rings is 2. The van der Waals surface area contributed by atoms with Crippen LogP contribution in [0.15, 0.2) is 48.5 Å². The highest BCUT2D eigenvalue weighted by Crippen LogP contribution is 2.39. The second kappa shape index (κ2) is 8.65. The Morgan fingerprint density at radius 3 is 2.18 bits per heavy atom. The van der Waals surface area contributed by atoms with Crippen LogP contribution in [0.3, 0.4) is 0 Å². The number of hydrogen-bond donors (Lipinski definition) is 2. The Balaban J connectivity index is 1.57. The van der Waals surface area contributed by atoms with Gasteiger partial charge in [0.2, 0.25) is 0 Å². The normalized spacial score (nSPS) is 31.2. The molecule has 28 heavy (non-hydrogen) atoms. The first-order chi connectivity index (χ1) is 13.5. The molecule has 4 rings (SSSR count). The van der Waals surface area contributed by atoms with Gasteiger partial charge in [-0.2, -0.15) is 0 Å². The van der Waals surface area contributed by atoms with E-state index in [1.807, 2.05) is 12.1 Å². The van der Waals surface area contributed by atoms with Crippen molar-refractivity contribution in [3.8, 4) is 0 Å². The molecule has 6 nitrogen and oxygen atoms in total. The molecule has 2 fully saturated rings. The molecule has 0 bridgehead atoms. The molecular formula is C20H20Cl2O6. The quantitative estimate of drug-likeness (QED) is 0.781. The summed E-state index contributed by atoms with van der Waals surface area (Å²) >= 11 is 12.1. The Morgan fingerprint density at radius 1 is 0.929 bits per heavy atom. The molecule has 0 radical (unpaired) electrons. The highest BCUT2D eigenvalue weighted by Gasteiger charge is 2.48. The summed E-state index contributed by atoms with van der Waals surface area (Å²) in [5.74, 6) is 0. The molecule has 0 saturated carbocycles. The average Bonchev–Trinajstić information content (AvgIpc) is 3.03. The fourth-order valence-corrected chi connectivity index (χ4v) is 3.81. The standard InChI is InChI=1S/C20H20Cl2O6/c21-13-5-1-3-11(7-13)19-25-10-16-18(17(27-19)15(24)9-23)28-20(26-16)12-4-2-6-14(22)8-12/h1-8,15-20,23-24H,9-10H2/t15-,16+,17-,18-,19?,20?/m1/s1. The lowest BCUT2D eigenvalue weighted by atomic mass is 10.0. The molecule has 8 heteroatoms. The predicted octanol–water partition coefficient (Wildman–Crippen LogP) is 3.24. The van der Waals surface area contributed by atoms with Gasteiger partial charge >= 0.3 is 0 Å². The van der Waals surface area contributed by atoms with Crippen molar-refractivity contribution in [2.75, 3.05) is 13.2 Å². The minimum Gasteiger partial charge on any atom is -0.394 e. The van der Waals surface area contributed by atoms with Crippen LogP contribution in [0.5, 0.6) is 0 Å². The van der Waals surface area contributed by atoms with E-state index in [0.29, 0.717) is 15.6 Å². The topological polar surface area (TPSA) is 77.4 Å². The van der Waals surface area contributed by atoms with E-state index >= 15 is 0 Å². The van der Waals surface area contributed by atoms with Crippen molar-refractivity contribution in [2.45, 2.75) is 37.0 Å². The summed E-state index contributed by atoms with van der Waals surface area (Å²) in [6, 6.07) is 14.2. The number of hydrogen-bond acceptors (Lipinski definition) is 6. The Bertz CT molecular complexity index is 819. The van der Waals surface area contributed by atoms with Crippen LogP contribution in [0.2, 0.25) is 10.0 Å². The maximum Gasteiger partial charge on any atom is 0.185 e. The summed E-state index contributed by atoms with van der Waals surface area (Å²) in [7, 11) is 0. The SMILES string of the molecule is OC[C@@H](O)[C@H]1OC(c2cccc(Cl)c2)OC[C@@H]2OC(c3cccc(Cl)c3)O[C@@H]12. The summed E-state index contributed by atoms with van der Waals surface area (Å²) in [5.41, 5.74) is 1.46. The Labute approximate surface area is 172 Å². The van der Waals surface area contributed by atoms with E-state index in [9.17, 15) is 10.2 Å². The van der Waals surface area contributed by atoms with Crippen molar-refractivity contribution in [3.63, 3.8) is 0 Å². The highest BCUT2D eigenvalue weighted by molar-refractivity contribution is 6.30. The van der Waals surface area contributed by atoms with Crippen LogP contribution in [0, 0.1) is 0 Å². The largest absolute Gasteiger partial charge is 0.394 e. The first-order valence-corrected chi connectivity index (χ1v) is 9.68. The van der Waals surface area contributed by atoms with E-state index < -0.39 is 43.6 Å². The number of halogens is 2. The molecule has 0 aromatic heterocycles. The zero-order valence-electron chi connectivity index (χ0n) is 14.8. The van der Waals surface area contributed by atoms with Gasteiger partial charge in [0.1, 0.15) is 24.4 Å². The fourth-order valence-electron chi connectivity index (χ4n) is 3.42. The van der Waals surface area contributed by atoms with Gasteiger partial charge in [-0.3, -0.25) is 0 Å². The number of aliphatic hydroxyl groups excluding tert-OH is 2. The van der Waals surface area contributed by atoms with E-state index in [1.54, 1.807) is 36.4 Å². The molecule has 2 saturated heterocycles. The van der Waals surface area contributed by atoms with E-state index in [-0.39, 0.29) is 6.61 Å². The molecule has 2 unspecified atom stereocenters. The van der Waals surface area contributed by atoms with Crippen LogP contribution < -0.4 is 0 Å². The Hall–Kier alpha value is -1.22. The summed E-state index contributed by atoms with van der Waals surface area (Å²) in [6.07, 6.45) is -4.58. The molecular weight excluding hydrogens is 407 g/mol. The van der Waals surface area contributed by atoms with Gasteiger partial charge in [-0.15, -0.1) is 0 Å². The van der Waals surface area contributed by atoms with Crippen molar-refractivity contribution < 1.29 is 29.2 Å². The van der Waals surface area contributed by atoms with E-state index in [4.69, 9.17) is 42.1 Å². The first-order valence-electron chi connectivity index (χ1n) is 8.93. The predicted molar refractivity (Wildman–Crippen MR) is 102 cm³/mol. The van der Waals surface area contributed by atoms with Crippen LogP contribution in [-0.2, 0) is 18.9 Å². The van der Waals surface area contributed by atoms with Gasteiger partial charge in [0, 0.05) is 21.2 Å². The highest BCUT2D eigenvalue weighted by atomic mass is 35.5. The second-order valence-electron chi connectivity index (χ2n) is 6.73. The zero-order chi connectivity index (χ0) is 19.7. The van der Waals surface area contributed by atoms with E-state index in [1.165, 1.54) is 0 Å². The van der Waals surface area contributed by atoms with Crippen LogP contribution >= 0.6 is 23.2 Å². The molecule has 2 N–H and O–H groups in total. The van der Waals surface area contributed by atoms with E-state index in [0.717, 1.165) is 5.56 Å². The van der Waals surface area contributed by atoms with Gasteiger partial charge in [0.25, 0.3) is 0 Å². The maximum absolute atomic E-state index is 10.4. The number of ether oxygens (including phenoxy) is 4. The molecule has 2 aliphatic heterocycles. The molecule has 0 amide bonds. The molecule has 2 aromatic rings. The average molecular weight is 427 g/mol. The smallest absolute Gasteiger partial charge is 0.185 e. The third kappa shape index (κ3) is 4.20. The fraction of sp³-hybridized carbons (Fsp3) is 0.400. The van der Waals surface area contributed by atoms with Gasteiger partial charge in [-0.25, -0.2) is 0 Å². The lowest BCUT2D eigenvalue weighted by Crippen LogP contribution is -2.45. The second-order valence-corrected chi connectivity index (χ2v) is 7.61. The molecule has 6 atom stereocenters. The lowest BCUT2D eigenvalue weighted by molar-refractivity contribution is -0.216. The lowest BCUT2D eigenvalue weighted by Gasteiger charge is -2.28. The summed E-state index contributed by atoms with van der Waals surface area (Å²) in [5, 5.41) is 21.0. The van der Waals surface area contributed by atoms with Crippen molar-refractivity contribution in [3.05, 3.63) is 69.7 Å². The number of aliphatic hydroxyl groups is 2. The monoisotopic (exact) mass is 426 g/mol. The van der Waals surface area contributed by atoms with Crippen LogP contribution in [0.1, 0.15) is 23.7 Å². The van der Waals surface area contributed by atoms with Gasteiger partial charge in [-0.1, -0.05) is 47.5 Å². The van der Waals surface area contributed by atoms with Crippen LogP contribution in [0.25, 0.3) is 0 Å². The third-order valence-electron chi connectivity index (χ3n) is 4.77. The van der Waals surface area contributed by atoms with Gasteiger partial charge < -0.3 is 29.2 Å². The molecule has 2 aromatic carbocycles.